The Morgan fingerprint density at radius 1 is 1.16 bits per heavy atom. The van der Waals surface area contributed by atoms with Gasteiger partial charge >= 0.3 is 0 Å². The molecule has 0 aromatic heterocycles. The van der Waals surface area contributed by atoms with Crippen LogP contribution in [0.2, 0.25) is 0 Å². The van der Waals surface area contributed by atoms with Crippen molar-refractivity contribution < 1.29 is 0 Å². The molecule has 1 nitrogen and oxygen atoms in total. The van der Waals surface area contributed by atoms with E-state index in [1.807, 2.05) is 0 Å². The number of benzene rings is 1. The number of nitrogens with two attached hydrogens (primary N) is 1. The van der Waals surface area contributed by atoms with Gasteiger partial charge in [-0.15, -0.1) is 0 Å². The second-order valence-electron chi connectivity index (χ2n) is 6.69. The van der Waals surface area contributed by atoms with Crippen LogP contribution >= 0.6 is 0 Å². The lowest BCUT2D eigenvalue weighted by atomic mass is 9.73. The summed E-state index contributed by atoms with van der Waals surface area (Å²) < 4.78 is 0. The second kappa shape index (κ2) is 6.09. The van der Waals surface area contributed by atoms with Gasteiger partial charge in [-0.25, -0.2) is 0 Å². The fourth-order valence-corrected chi connectivity index (χ4v) is 3.45. The van der Waals surface area contributed by atoms with Gasteiger partial charge in [0, 0.05) is 5.54 Å². The molecule has 0 saturated heterocycles. The fourth-order valence-electron chi connectivity index (χ4n) is 3.45. The average Bonchev–Trinajstić information content (AvgIpc) is 2.37. The van der Waals surface area contributed by atoms with Gasteiger partial charge in [0.05, 0.1) is 0 Å². The predicted octanol–water partition coefficient (Wildman–Crippen LogP) is 4.53. The number of hydrogen-bond acceptors (Lipinski definition) is 1. The summed E-state index contributed by atoms with van der Waals surface area (Å²) in [6.45, 7) is 6.66. The van der Waals surface area contributed by atoms with Gasteiger partial charge in [0.2, 0.25) is 0 Å². The summed E-state index contributed by atoms with van der Waals surface area (Å²) in [5.41, 5.74) is 10.9. The molecule has 1 heteroatoms. The van der Waals surface area contributed by atoms with E-state index in [1.54, 1.807) is 0 Å². The van der Waals surface area contributed by atoms with Crippen LogP contribution in [0, 0.1) is 19.8 Å². The van der Waals surface area contributed by atoms with Crippen molar-refractivity contribution in [2.24, 2.45) is 11.7 Å². The third-order valence-corrected chi connectivity index (χ3v) is 4.93. The molecular weight excluding hydrogens is 230 g/mol. The minimum absolute atomic E-state index is 0.0476. The van der Waals surface area contributed by atoms with E-state index < -0.39 is 0 Å². The van der Waals surface area contributed by atoms with E-state index >= 15 is 0 Å². The van der Waals surface area contributed by atoms with Crippen LogP contribution < -0.4 is 5.73 Å². The van der Waals surface area contributed by atoms with Crippen molar-refractivity contribution in [3.63, 3.8) is 0 Å². The average molecular weight is 259 g/mol. The summed E-state index contributed by atoms with van der Waals surface area (Å²) in [5.74, 6) is 0.932. The smallest absolute Gasteiger partial charge is 0.0195 e. The van der Waals surface area contributed by atoms with Crippen LogP contribution in [-0.4, -0.2) is 5.54 Å². The van der Waals surface area contributed by atoms with Gasteiger partial charge in [-0.05, 0) is 68.6 Å². The highest BCUT2D eigenvalue weighted by Gasteiger charge is 2.31. The van der Waals surface area contributed by atoms with E-state index in [9.17, 15) is 0 Å². The molecule has 0 atom stereocenters. The zero-order valence-corrected chi connectivity index (χ0v) is 12.8. The quantitative estimate of drug-likeness (QED) is 0.844. The number of hydrogen-bond donors (Lipinski definition) is 1. The third-order valence-electron chi connectivity index (χ3n) is 4.93. The number of rotatable bonds is 4. The number of aryl methyl sites for hydroxylation is 2. The largest absolute Gasteiger partial charge is 0.325 e. The lowest BCUT2D eigenvalue weighted by molar-refractivity contribution is 0.223. The zero-order valence-electron chi connectivity index (χ0n) is 12.8. The molecule has 19 heavy (non-hydrogen) atoms. The van der Waals surface area contributed by atoms with Gasteiger partial charge in [-0.2, -0.15) is 0 Å². The Labute approximate surface area is 118 Å². The molecule has 0 amide bonds. The molecule has 1 aromatic carbocycles. The molecule has 0 spiro atoms. The standard InChI is InChI=1S/C18H29N/c1-4-5-16-8-10-18(19,11-9-16)13-17-7-6-14(2)15(3)12-17/h6-7,12,16H,4-5,8-11,13,19H2,1-3H3. The SMILES string of the molecule is CCCC1CCC(N)(Cc2ccc(C)c(C)c2)CC1. The van der Waals surface area contributed by atoms with Crippen LogP contribution in [0.25, 0.3) is 0 Å². The van der Waals surface area contributed by atoms with E-state index in [2.05, 4.69) is 39.0 Å². The molecule has 106 valence electrons. The molecule has 0 radical (unpaired) electrons. The van der Waals surface area contributed by atoms with Crippen molar-refractivity contribution in [3.8, 4) is 0 Å². The Bertz CT molecular complexity index is 414. The van der Waals surface area contributed by atoms with Crippen molar-refractivity contribution >= 4 is 0 Å². The molecule has 0 unspecified atom stereocenters. The highest BCUT2D eigenvalue weighted by Crippen LogP contribution is 2.35. The summed E-state index contributed by atoms with van der Waals surface area (Å²) in [6.07, 6.45) is 8.81. The molecule has 0 bridgehead atoms. The van der Waals surface area contributed by atoms with Crippen LogP contribution in [0.1, 0.15) is 62.1 Å². The van der Waals surface area contributed by atoms with Crippen molar-refractivity contribution in [3.05, 3.63) is 34.9 Å². The summed E-state index contributed by atoms with van der Waals surface area (Å²) >= 11 is 0. The molecule has 0 heterocycles. The monoisotopic (exact) mass is 259 g/mol. The fraction of sp³-hybridized carbons (Fsp3) is 0.667. The minimum Gasteiger partial charge on any atom is -0.325 e. The Morgan fingerprint density at radius 2 is 1.84 bits per heavy atom. The second-order valence-corrected chi connectivity index (χ2v) is 6.69. The van der Waals surface area contributed by atoms with Gasteiger partial charge in [-0.3, -0.25) is 0 Å². The van der Waals surface area contributed by atoms with Crippen molar-refractivity contribution in [1.29, 1.82) is 0 Å². The normalized spacial score (nSPS) is 27.5. The zero-order chi connectivity index (χ0) is 13.9. The highest BCUT2D eigenvalue weighted by molar-refractivity contribution is 5.31. The first-order valence-corrected chi connectivity index (χ1v) is 7.87. The molecule has 1 aliphatic carbocycles. The van der Waals surface area contributed by atoms with Crippen molar-refractivity contribution in [2.45, 2.75) is 71.3 Å². The summed E-state index contributed by atoms with van der Waals surface area (Å²) in [4.78, 5) is 0. The van der Waals surface area contributed by atoms with E-state index in [4.69, 9.17) is 5.73 Å². The molecule has 0 aliphatic heterocycles. The van der Waals surface area contributed by atoms with Crippen LogP contribution in [0.4, 0.5) is 0 Å². The van der Waals surface area contributed by atoms with Crippen LogP contribution in [0.15, 0.2) is 18.2 Å². The first-order valence-electron chi connectivity index (χ1n) is 7.87. The van der Waals surface area contributed by atoms with E-state index in [-0.39, 0.29) is 5.54 Å². The third kappa shape index (κ3) is 3.82. The van der Waals surface area contributed by atoms with Gasteiger partial charge in [-0.1, -0.05) is 38.0 Å². The molecular formula is C18H29N. The Morgan fingerprint density at radius 3 is 2.42 bits per heavy atom. The van der Waals surface area contributed by atoms with E-state index in [0.717, 1.165) is 12.3 Å². The lowest BCUT2D eigenvalue weighted by Gasteiger charge is -2.37. The van der Waals surface area contributed by atoms with E-state index in [0.29, 0.717) is 0 Å². The van der Waals surface area contributed by atoms with Gasteiger partial charge < -0.3 is 5.73 Å². The summed E-state index contributed by atoms with van der Waals surface area (Å²) in [5, 5.41) is 0. The maximum Gasteiger partial charge on any atom is 0.0195 e. The van der Waals surface area contributed by atoms with Gasteiger partial charge in [0.25, 0.3) is 0 Å². The minimum atomic E-state index is 0.0476. The Kier molecular flexibility index (Phi) is 4.67. The van der Waals surface area contributed by atoms with E-state index in [1.165, 1.54) is 55.2 Å². The first-order chi connectivity index (χ1) is 9.02. The lowest BCUT2D eigenvalue weighted by Crippen LogP contribution is -2.45. The molecule has 1 aromatic rings. The predicted molar refractivity (Wildman–Crippen MR) is 83.4 cm³/mol. The molecule has 1 fully saturated rings. The molecule has 2 rings (SSSR count). The molecule has 1 aliphatic rings. The summed E-state index contributed by atoms with van der Waals surface area (Å²) in [6, 6.07) is 6.81. The Hall–Kier alpha value is -0.820. The van der Waals surface area contributed by atoms with Crippen LogP contribution in [-0.2, 0) is 6.42 Å². The van der Waals surface area contributed by atoms with Crippen molar-refractivity contribution in [1.82, 2.24) is 0 Å². The topological polar surface area (TPSA) is 26.0 Å². The maximum absolute atomic E-state index is 6.64. The maximum atomic E-state index is 6.64. The Balaban J connectivity index is 1.96. The van der Waals surface area contributed by atoms with Gasteiger partial charge in [0.1, 0.15) is 0 Å². The van der Waals surface area contributed by atoms with Crippen LogP contribution in [0.3, 0.4) is 0 Å². The van der Waals surface area contributed by atoms with Gasteiger partial charge in [0.15, 0.2) is 0 Å². The molecule has 1 saturated carbocycles. The van der Waals surface area contributed by atoms with Crippen LogP contribution in [0.5, 0.6) is 0 Å². The van der Waals surface area contributed by atoms with Crippen molar-refractivity contribution in [2.75, 3.05) is 0 Å². The summed E-state index contributed by atoms with van der Waals surface area (Å²) in [7, 11) is 0. The first kappa shape index (κ1) is 14.6. The molecule has 2 N–H and O–H groups in total. The highest BCUT2D eigenvalue weighted by atomic mass is 14.7.